The molecule has 1 saturated heterocycles. The van der Waals surface area contributed by atoms with Crippen LogP contribution < -0.4 is 0 Å². The molecule has 3 rings (SSSR count). The third-order valence-electron chi connectivity index (χ3n) is 5.24. The minimum absolute atomic E-state index is 0.0395. The van der Waals surface area contributed by atoms with E-state index in [2.05, 4.69) is 16.8 Å². The zero-order chi connectivity index (χ0) is 16.4. The highest BCUT2D eigenvalue weighted by Gasteiger charge is 2.29. The standard InChI is InChI=1S/C17H25N3O3/c1-18-7-9-19(10-8-18)14-5-6-17(23-2)16-12-15(20(21)22)4-3-13(16)11-14/h3-4,12,14,17H,5-11H2,1-2H3. The molecule has 1 aliphatic heterocycles. The molecule has 0 radical (unpaired) electrons. The molecule has 23 heavy (non-hydrogen) atoms. The molecule has 0 saturated carbocycles. The summed E-state index contributed by atoms with van der Waals surface area (Å²) in [6.07, 6.45) is 2.91. The van der Waals surface area contributed by atoms with Crippen LogP contribution in [0.25, 0.3) is 0 Å². The predicted molar refractivity (Wildman–Crippen MR) is 88.6 cm³/mol. The van der Waals surface area contributed by atoms with Crippen LogP contribution in [-0.2, 0) is 11.2 Å². The Labute approximate surface area is 137 Å². The maximum Gasteiger partial charge on any atom is 0.269 e. The van der Waals surface area contributed by atoms with Crippen LogP contribution in [0.1, 0.15) is 30.1 Å². The summed E-state index contributed by atoms with van der Waals surface area (Å²) in [7, 11) is 3.86. The SMILES string of the molecule is COC1CCC(N2CCN(C)CC2)Cc2ccc([N+](=O)[O-])cc21. The van der Waals surface area contributed by atoms with Gasteiger partial charge in [-0.1, -0.05) is 6.07 Å². The van der Waals surface area contributed by atoms with Crippen LogP contribution >= 0.6 is 0 Å². The van der Waals surface area contributed by atoms with Gasteiger partial charge in [-0.25, -0.2) is 0 Å². The topological polar surface area (TPSA) is 58.8 Å². The monoisotopic (exact) mass is 319 g/mol. The van der Waals surface area contributed by atoms with E-state index in [0.717, 1.165) is 51.0 Å². The van der Waals surface area contributed by atoms with Crippen molar-refractivity contribution in [2.75, 3.05) is 40.3 Å². The van der Waals surface area contributed by atoms with Gasteiger partial charge in [-0.15, -0.1) is 0 Å². The molecule has 0 amide bonds. The zero-order valence-corrected chi connectivity index (χ0v) is 13.9. The minimum Gasteiger partial charge on any atom is -0.377 e. The van der Waals surface area contributed by atoms with Crippen LogP contribution in [0.4, 0.5) is 5.69 Å². The molecule has 6 heteroatoms. The largest absolute Gasteiger partial charge is 0.377 e. The number of ether oxygens (including phenoxy) is 1. The van der Waals surface area contributed by atoms with Gasteiger partial charge in [-0.05, 0) is 37.4 Å². The number of fused-ring (bicyclic) bond motifs is 1. The van der Waals surface area contributed by atoms with Crippen molar-refractivity contribution in [2.24, 2.45) is 0 Å². The number of nitrogens with zero attached hydrogens (tertiary/aromatic N) is 3. The Morgan fingerprint density at radius 1 is 1.22 bits per heavy atom. The average molecular weight is 319 g/mol. The van der Waals surface area contributed by atoms with Crippen molar-refractivity contribution in [1.82, 2.24) is 9.80 Å². The Hall–Kier alpha value is -1.50. The van der Waals surface area contributed by atoms with E-state index >= 15 is 0 Å². The first kappa shape index (κ1) is 16.4. The van der Waals surface area contributed by atoms with Crippen molar-refractivity contribution in [1.29, 1.82) is 0 Å². The molecule has 0 N–H and O–H groups in total. The maximum absolute atomic E-state index is 11.1. The predicted octanol–water partition coefficient (Wildman–Crippen LogP) is 2.23. The van der Waals surface area contributed by atoms with Gasteiger partial charge >= 0.3 is 0 Å². The summed E-state index contributed by atoms with van der Waals surface area (Å²) < 4.78 is 5.64. The highest BCUT2D eigenvalue weighted by Crippen LogP contribution is 2.35. The first-order valence-corrected chi connectivity index (χ1v) is 8.31. The number of piperazine rings is 1. The third kappa shape index (κ3) is 3.54. The van der Waals surface area contributed by atoms with Crippen LogP contribution in [-0.4, -0.2) is 61.1 Å². The lowest BCUT2D eigenvalue weighted by Gasteiger charge is -2.37. The minimum atomic E-state index is -0.324. The molecule has 2 aliphatic rings. The van der Waals surface area contributed by atoms with Crippen LogP contribution in [0.3, 0.4) is 0 Å². The van der Waals surface area contributed by atoms with E-state index in [1.54, 1.807) is 19.2 Å². The lowest BCUT2D eigenvalue weighted by molar-refractivity contribution is -0.385. The second kappa shape index (κ2) is 6.95. The molecular weight excluding hydrogens is 294 g/mol. The van der Waals surface area contributed by atoms with Crippen molar-refractivity contribution < 1.29 is 9.66 Å². The number of nitro groups is 1. The first-order valence-electron chi connectivity index (χ1n) is 8.31. The average Bonchev–Trinajstić information content (AvgIpc) is 2.74. The summed E-state index contributed by atoms with van der Waals surface area (Å²) >= 11 is 0. The molecule has 0 bridgehead atoms. The summed E-state index contributed by atoms with van der Waals surface area (Å²) in [5.74, 6) is 0. The number of likely N-dealkylation sites (N-methyl/N-ethyl adjacent to an activating group) is 1. The summed E-state index contributed by atoms with van der Waals surface area (Å²) in [5, 5.41) is 11.1. The molecule has 2 atom stereocenters. The Morgan fingerprint density at radius 3 is 2.61 bits per heavy atom. The molecule has 0 aromatic heterocycles. The first-order chi connectivity index (χ1) is 11.1. The quantitative estimate of drug-likeness (QED) is 0.486. The van der Waals surface area contributed by atoms with Crippen LogP contribution in [0.5, 0.6) is 0 Å². The molecule has 126 valence electrons. The van der Waals surface area contributed by atoms with Crippen molar-refractivity contribution in [3.63, 3.8) is 0 Å². The fourth-order valence-electron chi connectivity index (χ4n) is 3.78. The van der Waals surface area contributed by atoms with Crippen molar-refractivity contribution in [3.05, 3.63) is 39.4 Å². The van der Waals surface area contributed by atoms with E-state index in [-0.39, 0.29) is 16.7 Å². The number of benzene rings is 1. The molecule has 2 unspecified atom stereocenters. The van der Waals surface area contributed by atoms with E-state index in [1.807, 2.05) is 6.07 Å². The van der Waals surface area contributed by atoms with Gasteiger partial charge in [-0.2, -0.15) is 0 Å². The fraction of sp³-hybridized carbons (Fsp3) is 0.647. The van der Waals surface area contributed by atoms with Crippen LogP contribution in [0.2, 0.25) is 0 Å². The van der Waals surface area contributed by atoms with Gasteiger partial charge < -0.3 is 9.64 Å². The van der Waals surface area contributed by atoms with Gasteiger partial charge in [0, 0.05) is 51.5 Å². The van der Waals surface area contributed by atoms with Gasteiger partial charge in [0.25, 0.3) is 5.69 Å². The van der Waals surface area contributed by atoms with Gasteiger partial charge in [0.15, 0.2) is 0 Å². The van der Waals surface area contributed by atoms with E-state index in [4.69, 9.17) is 4.74 Å². The molecule has 0 spiro atoms. The summed E-state index contributed by atoms with van der Waals surface area (Å²) in [5.41, 5.74) is 2.35. The summed E-state index contributed by atoms with van der Waals surface area (Å²) in [6, 6.07) is 5.76. The van der Waals surface area contributed by atoms with Gasteiger partial charge in [-0.3, -0.25) is 15.0 Å². The second-order valence-corrected chi connectivity index (χ2v) is 6.64. The van der Waals surface area contributed by atoms with Gasteiger partial charge in [0.05, 0.1) is 11.0 Å². The van der Waals surface area contributed by atoms with E-state index in [1.165, 1.54) is 5.56 Å². The highest BCUT2D eigenvalue weighted by molar-refractivity contribution is 5.42. The molecule has 1 fully saturated rings. The Morgan fingerprint density at radius 2 is 1.96 bits per heavy atom. The molecule has 1 aromatic carbocycles. The third-order valence-corrected chi connectivity index (χ3v) is 5.24. The van der Waals surface area contributed by atoms with E-state index in [9.17, 15) is 10.1 Å². The number of hydrogen-bond acceptors (Lipinski definition) is 5. The lowest BCUT2D eigenvalue weighted by Crippen LogP contribution is -2.49. The lowest BCUT2D eigenvalue weighted by atomic mass is 9.99. The van der Waals surface area contributed by atoms with Crippen LogP contribution in [0, 0.1) is 10.1 Å². The van der Waals surface area contributed by atoms with Gasteiger partial charge in [0.1, 0.15) is 0 Å². The van der Waals surface area contributed by atoms with Crippen molar-refractivity contribution >= 4 is 5.69 Å². The maximum atomic E-state index is 11.1. The van der Waals surface area contributed by atoms with Crippen molar-refractivity contribution in [2.45, 2.75) is 31.4 Å². The number of rotatable bonds is 3. The number of hydrogen-bond donors (Lipinski definition) is 0. The Kier molecular flexibility index (Phi) is 4.94. The molecule has 1 aliphatic carbocycles. The molecular formula is C17H25N3O3. The number of methoxy groups -OCH3 is 1. The van der Waals surface area contributed by atoms with E-state index in [0.29, 0.717) is 6.04 Å². The highest BCUT2D eigenvalue weighted by atomic mass is 16.6. The Bertz CT molecular complexity index is 570. The number of nitro benzene ring substituents is 1. The van der Waals surface area contributed by atoms with Crippen molar-refractivity contribution in [3.8, 4) is 0 Å². The number of non-ortho nitro benzene ring substituents is 1. The molecule has 1 heterocycles. The fourth-order valence-corrected chi connectivity index (χ4v) is 3.78. The molecule has 6 nitrogen and oxygen atoms in total. The van der Waals surface area contributed by atoms with Gasteiger partial charge in [0.2, 0.25) is 0 Å². The normalized spacial score (nSPS) is 26.5. The summed E-state index contributed by atoms with van der Waals surface area (Å²) in [4.78, 5) is 15.7. The second-order valence-electron chi connectivity index (χ2n) is 6.64. The smallest absolute Gasteiger partial charge is 0.269 e. The Balaban J connectivity index is 1.83. The van der Waals surface area contributed by atoms with E-state index < -0.39 is 0 Å². The molecule has 1 aromatic rings. The summed E-state index contributed by atoms with van der Waals surface area (Å²) in [6.45, 7) is 4.41. The zero-order valence-electron chi connectivity index (χ0n) is 13.9. The van der Waals surface area contributed by atoms with Crippen LogP contribution in [0.15, 0.2) is 18.2 Å².